The van der Waals surface area contributed by atoms with Crippen LogP contribution in [0.25, 0.3) is 0 Å². The number of nitro groups is 1. The van der Waals surface area contributed by atoms with Gasteiger partial charge in [0.1, 0.15) is 12.4 Å². The van der Waals surface area contributed by atoms with E-state index in [0.29, 0.717) is 16.9 Å². The first-order valence-corrected chi connectivity index (χ1v) is 10.7. The van der Waals surface area contributed by atoms with Crippen LogP contribution < -0.4 is 9.64 Å². The second-order valence-electron chi connectivity index (χ2n) is 7.69. The lowest BCUT2D eigenvalue weighted by Crippen LogP contribution is -2.29. The summed E-state index contributed by atoms with van der Waals surface area (Å²) in [4.78, 5) is 50.2. The third-order valence-corrected chi connectivity index (χ3v) is 5.88. The van der Waals surface area contributed by atoms with Crippen LogP contribution in [0.15, 0.2) is 54.6 Å². The third-order valence-electron chi connectivity index (χ3n) is 5.56. The first-order valence-electron chi connectivity index (χ1n) is 10.3. The molecule has 0 fully saturated rings. The number of carbonyl (C=O) groups excluding carboxylic acids is 3. The maximum absolute atomic E-state index is 13.0. The van der Waals surface area contributed by atoms with Crippen molar-refractivity contribution >= 4 is 40.8 Å². The van der Waals surface area contributed by atoms with Gasteiger partial charge in [0.2, 0.25) is 0 Å². The maximum atomic E-state index is 13.0. The summed E-state index contributed by atoms with van der Waals surface area (Å²) in [7, 11) is 0. The number of imide groups is 1. The molecule has 176 valence electrons. The topological polar surface area (TPSA) is 125 Å². The van der Waals surface area contributed by atoms with E-state index in [0.717, 1.165) is 4.90 Å². The van der Waals surface area contributed by atoms with Gasteiger partial charge in [0.05, 0.1) is 38.9 Å². The number of fused-ring (bicyclic) bond motifs is 2. The number of para-hydroxylation sites is 1. The van der Waals surface area contributed by atoms with Crippen molar-refractivity contribution in [3.63, 3.8) is 0 Å². The largest absolute Gasteiger partial charge is 0.467 e. The highest BCUT2D eigenvalue weighted by Gasteiger charge is 2.38. The molecule has 2 aliphatic heterocycles. The Morgan fingerprint density at radius 2 is 1.86 bits per heavy atom. The van der Waals surface area contributed by atoms with E-state index in [1.807, 2.05) is 0 Å². The number of ether oxygens (including phenoxy) is 3. The van der Waals surface area contributed by atoms with Gasteiger partial charge in [0.25, 0.3) is 17.5 Å². The number of non-ortho nitro benzene ring substituents is 1. The molecule has 0 saturated carbocycles. The predicted molar refractivity (Wildman–Crippen MR) is 122 cm³/mol. The fraction of sp³-hybridized carbons (Fsp3) is 0.125. The van der Waals surface area contributed by atoms with E-state index in [-0.39, 0.29) is 53.1 Å². The fourth-order valence-electron chi connectivity index (χ4n) is 3.94. The van der Waals surface area contributed by atoms with E-state index >= 15 is 0 Å². The van der Waals surface area contributed by atoms with Crippen molar-refractivity contribution in [1.82, 2.24) is 0 Å². The molecular formula is C24H15ClN2O8. The molecule has 0 spiro atoms. The van der Waals surface area contributed by atoms with Gasteiger partial charge in [0.15, 0.2) is 6.79 Å². The first kappa shape index (κ1) is 22.5. The Balaban J connectivity index is 1.38. The molecule has 0 atom stereocenters. The Morgan fingerprint density at radius 3 is 2.63 bits per heavy atom. The van der Waals surface area contributed by atoms with E-state index in [2.05, 4.69) is 0 Å². The summed E-state index contributed by atoms with van der Waals surface area (Å²) < 4.78 is 16.0. The highest BCUT2D eigenvalue weighted by molar-refractivity contribution is 6.39. The summed E-state index contributed by atoms with van der Waals surface area (Å²) >= 11 is 6.16. The van der Waals surface area contributed by atoms with E-state index in [1.165, 1.54) is 30.3 Å². The molecule has 0 radical (unpaired) electrons. The van der Waals surface area contributed by atoms with E-state index in [4.69, 9.17) is 25.8 Å². The molecule has 10 nitrogen and oxygen atoms in total. The quantitative estimate of drug-likeness (QED) is 0.223. The lowest BCUT2D eigenvalue weighted by molar-refractivity contribution is -0.385. The number of nitro benzene ring substituents is 1. The summed E-state index contributed by atoms with van der Waals surface area (Å²) in [6.07, 6.45) is 0. The molecule has 5 rings (SSSR count). The number of rotatable bonds is 5. The van der Waals surface area contributed by atoms with Crippen LogP contribution >= 0.6 is 11.6 Å². The van der Waals surface area contributed by atoms with Crippen molar-refractivity contribution in [2.75, 3.05) is 11.7 Å². The summed E-state index contributed by atoms with van der Waals surface area (Å²) in [6, 6.07) is 13.1. The minimum absolute atomic E-state index is 0.0331. The molecule has 3 aromatic carbocycles. The molecule has 0 bridgehead atoms. The van der Waals surface area contributed by atoms with Crippen LogP contribution in [0.3, 0.4) is 0 Å². The number of benzene rings is 3. The van der Waals surface area contributed by atoms with Crippen molar-refractivity contribution in [3.05, 3.63) is 97.6 Å². The zero-order chi connectivity index (χ0) is 24.7. The Kier molecular flexibility index (Phi) is 5.67. The number of hydrogen-bond donors (Lipinski definition) is 0. The van der Waals surface area contributed by atoms with Crippen molar-refractivity contribution < 1.29 is 33.5 Å². The van der Waals surface area contributed by atoms with E-state index in [1.54, 1.807) is 24.3 Å². The number of hydrogen-bond acceptors (Lipinski definition) is 8. The van der Waals surface area contributed by atoms with Gasteiger partial charge in [0, 0.05) is 23.3 Å². The van der Waals surface area contributed by atoms with Crippen molar-refractivity contribution in [2.45, 2.75) is 13.2 Å². The van der Waals surface area contributed by atoms with Crippen LogP contribution in [-0.4, -0.2) is 29.5 Å². The molecule has 2 aliphatic rings. The zero-order valence-electron chi connectivity index (χ0n) is 17.9. The molecule has 0 N–H and O–H groups in total. The minimum atomic E-state index is -0.781. The van der Waals surface area contributed by atoms with Crippen LogP contribution in [0, 0.1) is 10.1 Å². The Bertz CT molecular complexity index is 1420. The predicted octanol–water partition coefficient (Wildman–Crippen LogP) is 4.27. The smallest absolute Gasteiger partial charge is 0.338 e. The van der Waals surface area contributed by atoms with Crippen LogP contribution in [0.5, 0.6) is 5.75 Å². The molecule has 3 aromatic rings. The van der Waals surface area contributed by atoms with Gasteiger partial charge in [-0.05, 0) is 30.3 Å². The number of halogens is 1. The third kappa shape index (κ3) is 3.98. The Labute approximate surface area is 202 Å². The summed E-state index contributed by atoms with van der Waals surface area (Å²) in [5.74, 6) is -1.59. The fourth-order valence-corrected chi connectivity index (χ4v) is 4.16. The van der Waals surface area contributed by atoms with Gasteiger partial charge >= 0.3 is 5.97 Å². The van der Waals surface area contributed by atoms with Gasteiger partial charge < -0.3 is 14.2 Å². The van der Waals surface area contributed by atoms with Gasteiger partial charge in [-0.2, -0.15) is 0 Å². The normalized spacial score (nSPS) is 14.3. The van der Waals surface area contributed by atoms with Crippen LogP contribution in [-0.2, 0) is 22.7 Å². The van der Waals surface area contributed by atoms with Gasteiger partial charge in [-0.1, -0.05) is 23.7 Å². The van der Waals surface area contributed by atoms with Gasteiger partial charge in [-0.15, -0.1) is 0 Å². The second-order valence-corrected chi connectivity index (χ2v) is 8.10. The summed E-state index contributed by atoms with van der Waals surface area (Å²) in [5, 5.41) is 11.5. The SMILES string of the molecule is O=C(OCc1cc([N+](=O)[O-])cc2c1OCOC2)c1ccc2c(c1)C(=O)N(c1ccccc1Cl)C2=O. The summed E-state index contributed by atoms with van der Waals surface area (Å²) in [6.45, 7) is -0.214. The molecule has 2 amide bonds. The molecule has 0 unspecified atom stereocenters. The zero-order valence-corrected chi connectivity index (χ0v) is 18.6. The lowest BCUT2D eigenvalue weighted by Gasteiger charge is -2.20. The highest BCUT2D eigenvalue weighted by Crippen LogP contribution is 2.35. The molecule has 0 aromatic heterocycles. The lowest BCUT2D eigenvalue weighted by atomic mass is 10.1. The standard InChI is InChI=1S/C24H15ClN2O8/c25-19-3-1-2-4-20(19)26-22(28)17-6-5-13(9-18(17)23(26)29)24(30)34-11-15-8-16(27(31)32)7-14-10-33-12-35-21(14)15/h1-9H,10-12H2. The Morgan fingerprint density at radius 1 is 1.09 bits per heavy atom. The average Bonchev–Trinajstić information content (AvgIpc) is 3.11. The number of carbonyl (C=O) groups is 3. The number of amides is 2. The number of anilines is 1. The number of esters is 1. The van der Waals surface area contributed by atoms with Crippen molar-refractivity contribution in [1.29, 1.82) is 0 Å². The molecule has 0 aliphatic carbocycles. The Hall–Kier alpha value is -4.28. The van der Waals surface area contributed by atoms with Gasteiger partial charge in [-0.25, -0.2) is 9.69 Å². The van der Waals surface area contributed by atoms with E-state index < -0.39 is 22.7 Å². The van der Waals surface area contributed by atoms with Crippen molar-refractivity contribution in [2.24, 2.45) is 0 Å². The van der Waals surface area contributed by atoms with Crippen molar-refractivity contribution in [3.8, 4) is 5.75 Å². The molecule has 2 heterocycles. The van der Waals surface area contributed by atoms with Crippen LogP contribution in [0.1, 0.15) is 42.2 Å². The molecular weight excluding hydrogens is 480 g/mol. The van der Waals surface area contributed by atoms with Gasteiger partial charge in [-0.3, -0.25) is 19.7 Å². The van der Waals surface area contributed by atoms with E-state index in [9.17, 15) is 24.5 Å². The average molecular weight is 495 g/mol. The maximum Gasteiger partial charge on any atom is 0.338 e. The first-order chi connectivity index (χ1) is 16.8. The second kappa shape index (κ2) is 8.82. The number of nitrogens with zero attached hydrogens (tertiary/aromatic N) is 2. The monoisotopic (exact) mass is 494 g/mol. The molecule has 0 saturated heterocycles. The molecule has 11 heteroatoms. The van der Waals surface area contributed by atoms with Crippen LogP contribution in [0.4, 0.5) is 11.4 Å². The van der Waals surface area contributed by atoms with Crippen LogP contribution in [0.2, 0.25) is 5.02 Å². The minimum Gasteiger partial charge on any atom is -0.467 e. The highest BCUT2D eigenvalue weighted by atomic mass is 35.5. The summed E-state index contributed by atoms with van der Waals surface area (Å²) in [5.41, 5.74) is 1.04. The molecule has 35 heavy (non-hydrogen) atoms.